The molecule has 2 N–H and O–H groups in total. The Morgan fingerprint density at radius 1 is 1.50 bits per heavy atom. The van der Waals surface area contributed by atoms with E-state index in [2.05, 4.69) is 5.32 Å². The second-order valence-corrected chi connectivity index (χ2v) is 5.02. The number of ether oxygens (including phenoxy) is 1. The zero-order valence-corrected chi connectivity index (χ0v) is 12.6. The predicted octanol–water partition coefficient (Wildman–Crippen LogP) is 1.92. The summed E-state index contributed by atoms with van der Waals surface area (Å²) in [6.07, 6.45) is 0.181. The number of hydrogen-bond donors (Lipinski definition) is 2. The van der Waals surface area contributed by atoms with E-state index in [1.165, 1.54) is 0 Å². The second kappa shape index (κ2) is 7.75. The molecule has 0 aromatic heterocycles. The van der Waals surface area contributed by atoms with Gasteiger partial charge in [-0.2, -0.15) is 0 Å². The summed E-state index contributed by atoms with van der Waals surface area (Å²) >= 11 is 0. The minimum atomic E-state index is -0.394. The summed E-state index contributed by atoms with van der Waals surface area (Å²) in [5.74, 6) is 0.842. The lowest BCUT2D eigenvalue weighted by Crippen LogP contribution is -2.38. The van der Waals surface area contributed by atoms with Crippen LogP contribution in [-0.2, 0) is 6.54 Å². The van der Waals surface area contributed by atoms with Gasteiger partial charge in [-0.25, -0.2) is 4.79 Å². The molecule has 20 heavy (non-hydrogen) atoms. The van der Waals surface area contributed by atoms with Gasteiger partial charge in [0, 0.05) is 20.1 Å². The van der Waals surface area contributed by atoms with Crippen molar-refractivity contribution in [2.45, 2.75) is 32.9 Å². The van der Waals surface area contributed by atoms with Crippen LogP contribution in [0.5, 0.6) is 5.75 Å². The summed E-state index contributed by atoms with van der Waals surface area (Å²) in [6, 6.07) is 5.68. The van der Waals surface area contributed by atoms with E-state index in [1.54, 1.807) is 26.0 Å². The van der Waals surface area contributed by atoms with E-state index in [9.17, 15) is 9.90 Å². The van der Waals surface area contributed by atoms with Crippen LogP contribution in [0.4, 0.5) is 4.79 Å². The van der Waals surface area contributed by atoms with Crippen molar-refractivity contribution in [3.63, 3.8) is 0 Å². The lowest BCUT2D eigenvalue weighted by Gasteiger charge is -2.19. The Morgan fingerprint density at radius 3 is 2.75 bits per heavy atom. The second-order valence-electron chi connectivity index (χ2n) is 5.02. The van der Waals surface area contributed by atoms with E-state index in [4.69, 9.17) is 4.74 Å². The first kappa shape index (κ1) is 16.3. The Hall–Kier alpha value is -1.75. The third kappa shape index (κ3) is 5.09. The van der Waals surface area contributed by atoms with Crippen molar-refractivity contribution in [3.8, 4) is 5.75 Å². The van der Waals surface area contributed by atoms with Crippen molar-refractivity contribution in [2.75, 3.05) is 20.7 Å². The third-order valence-electron chi connectivity index (χ3n) is 3.13. The highest BCUT2D eigenvalue weighted by atomic mass is 16.5. The van der Waals surface area contributed by atoms with Gasteiger partial charge in [0.1, 0.15) is 5.75 Å². The van der Waals surface area contributed by atoms with Crippen molar-refractivity contribution in [3.05, 3.63) is 29.3 Å². The quantitative estimate of drug-likeness (QED) is 0.837. The van der Waals surface area contributed by atoms with Crippen LogP contribution in [-0.4, -0.2) is 42.8 Å². The highest BCUT2D eigenvalue weighted by molar-refractivity contribution is 5.73. The van der Waals surface area contributed by atoms with Crippen LogP contribution in [0, 0.1) is 6.92 Å². The Balaban J connectivity index is 2.46. The van der Waals surface area contributed by atoms with Crippen LogP contribution in [0.2, 0.25) is 0 Å². The molecule has 112 valence electrons. The molecule has 0 bridgehead atoms. The summed E-state index contributed by atoms with van der Waals surface area (Å²) in [5.41, 5.74) is 2.07. The van der Waals surface area contributed by atoms with Gasteiger partial charge in [-0.15, -0.1) is 0 Å². The van der Waals surface area contributed by atoms with Gasteiger partial charge in [0.15, 0.2) is 0 Å². The maximum absolute atomic E-state index is 11.8. The average molecular weight is 280 g/mol. The van der Waals surface area contributed by atoms with Gasteiger partial charge >= 0.3 is 6.03 Å². The van der Waals surface area contributed by atoms with E-state index in [0.717, 1.165) is 16.9 Å². The van der Waals surface area contributed by atoms with Crippen molar-refractivity contribution >= 4 is 6.03 Å². The molecule has 1 atom stereocenters. The van der Waals surface area contributed by atoms with Crippen LogP contribution >= 0.6 is 0 Å². The first-order chi connectivity index (χ1) is 9.43. The standard InChI is InChI=1S/C15H24N2O3/c1-11-9-13(5-6-14(11)20-4)10-16-15(19)17(3)8-7-12(2)18/h5-6,9,12,18H,7-8,10H2,1-4H3,(H,16,19). The van der Waals surface area contributed by atoms with Crippen molar-refractivity contribution < 1.29 is 14.6 Å². The number of rotatable bonds is 6. The fraction of sp³-hybridized carbons (Fsp3) is 0.533. The molecule has 0 heterocycles. The van der Waals surface area contributed by atoms with Gasteiger partial charge in [0.05, 0.1) is 13.2 Å². The molecule has 5 heteroatoms. The number of nitrogens with zero attached hydrogens (tertiary/aromatic N) is 1. The number of aryl methyl sites for hydroxylation is 1. The van der Waals surface area contributed by atoms with Crippen LogP contribution < -0.4 is 10.1 Å². The summed E-state index contributed by atoms with van der Waals surface area (Å²) in [4.78, 5) is 13.4. The first-order valence-corrected chi connectivity index (χ1v) is 6.74. The van der Waals surface area contributed by atoms with Crippen molar-refractivity contribution in [1.82, 2.24) is 10.2 Å². The minimum absolute atomic E-state index is 0.140. The number of aliphatic hydroxyl groups is 1. The molecule has 0 aliphatic carbocycles. The Labute approximate surface area is 120 Å². The highest BCUT2D eigenvalue weighted by Crippen LogP contribution is 2.18. The maximum Gasteiger partial charge on any atom is 0.317 e. The fourth-order valence-electron chi connectivity index (χ4n) is 1.85. The maximum atomic E-state index is 11.8. The van der Waals surface area contributed by atoms with E-state index >= 15 is 0 Å². The molecule has 1 aromatic carbocycles. The average Bonchev–Trinajstić information content (AvgIpc) is 2.42. The number of urea groups is 1. The highest BCUT2D eigenvalue weighted by Gasteiger charge is 2.09. The predicted molar refractivity (Wildman–Crippen MR) is 78.9 cm³/mol. The molecule has 0 fully saturated rings. The fourth-order valence-corrected chi connectivity index (χ4v) is 1.85. The molecule has 0 aliphatic rings. The van der Waals surface area contributed by atoms with Crippen LogP contribution in [0.1, 0.15) is 24.5 Å². The van der Waals surface area contributed by atoms with E-state index in [1.807, 2.05) is 25.1 Å². The smallest absolute Gasteiger partial charge is 0.317 e. The number of benzene rings is 1. The SMILES string of the molecule is COc1ccc(CNC(=O)N(C)CCC(C)O)cc1C. The number of carbonyl (C=O) groups is 1. The molecule has 2 amide bonds. The number of methoxy groups -OCH3 is 1. The van der Waals surface area contributed by atoms with Gasteiger partial charge in [0.2, 0.25) is 0 Å². The van der Waals surface area contributed by atoms with Crippen LogP contribution in [0.25, 0.3) is 0 Å². The first-order valence-electron chi connectivity index (χ1n) is 6.74. The van der Waals surface area contributed by atoms with Gasteiger partial charge in [-0.3, -0.25) is 0 Å². The topological polar surface area (TPSA) is 61.8 Å². The third-order valence-corrected chi connectivity index (χ3v) is 3.13. The number of amides is 2. The Morgan fingerprint density at radius 2 is 2.20 bits per heavy atom. The van der Waals surface area contributed by atoms with E-state index < -0.39 is 6.10 Å². The molecule has 5 nitrogen and oxygen atoms in total. The zero-order valence-electron chi connectivity index (χ0n) is 12.6. The molecule has 0 saturated heterocycles. The summed E-state index contributed by atoms with van der Waals surface area (Å²) in [7, 11) is 3.36. The van der Waals surface area contributed by atoms with Crippen LogP contribution in [0.3, 0.4) is 0 Å². The van der Waals surface area contributed by atoms with Crippen molar-refractivity contribution in [2.24, 2.45) is 0 Å². The molecule has 0 saturated carbocycles. The lowest BCUT2D eigenvalue weighted by atomic mass is 10.1. The molecule has 0 aliphatic heterocycles. The Bertz CT molecular complexity index is 447. The van der Waals surface area contributed by atoms with Gasteiger partial charge in [-0.1, -0.05) is 12.1 Å². The molecule has 1 unspecified atom stereocenters. The van der Waals surface area contributed by atoms with Gasteiger partial charge < -0.3 is 20.1 Å². The largest absolute Gasteiger partial charge is 0.496 e. The Kier molecular flexibility index (Phi) is 6.31. The normalized spacial score (nSPS) is 11.8. The number of aliphatic hydroxyl groups excluding tert-OH is 1. The van der Waals surface area contributed by atoms with Crippen molar-refractivity contribution in [1.29, 1.82) is 0 Å². The van der Waals surface area contributed by atoms with Gasteiger partial charge in [0.25, 0.3) is 0 Å². The molecular formula is C15H24N2O3. The molecule has 1 rings (SSSR count). The molecular weight excluding hydrogens is 256 g/mol. The molecule has 0 spiro atoms. The van der Waals surface area contributed by atoms with Crippen LogP contribution in [0.15, 0.2) is 18.2 Å². The summed E-state index contributed by atoms with van der Waals surface area (Å²) in [6.45, 7) is 4.69. The van der Waals surface area contributed by atoms with Gasteiger partial charge in [-0.05, 0) is 37.5 Å². The molecule has 1 aromatic rings. The number of nitrogens with one attached hydrogen (secondary N) is 1. The summed E-state index contributed by atoms with van der Waals surface area (Å²) in [5, 5.41) is 12.1. The summed E-state index contributed by atoms with van der Waals surface area (Å²) < 4.78 is 5.20. The zero-order chi connectivity index (χ0) is 15.1. The minimum Gasteiger partial charge on any atom is -0.496 e. The monoisotopic (exact) mass is 280 g/mol. The van der Waals surface area contributed by atoms with E-state index in [0.29, 0.717) is 19.5 Å². The number of carbonyl (C=O) groups excluding carboxylic acids is 1. The number of hydrogen-bond acceptors (Lipinski definition) is 3. The lowest BCUT2D eigenvalue weighted by molar-refractivity contribution is 0.163. The van der Waals surface area contributed by atoms with E-state index in [-0.39, 0.29) is 6.03 Å². The molecule has 0 radical (unpaired) electrons.